The maximum atomic E-state index is 10.9. The molecule has 0 spiro atoms. The highest BCUT2D eigenvalue weighted by molar-refractivity contribution is 5.89. The summed E-state index contributed by atoms with van der Waals surface area (Å²) in [5.74, 6) is -0.823. The minimum Gasteiger partial charge on any atom is -0.481 e. The van der Waals surface area contributed by atoms with E-state index in [0.717, 1.165) is 18.4 Å². The zero-order valence-corrected chi connectivity index (χ0v) is 9.27. The standard InChI is InChI=1S/C12H14N2O3/c13-11(17)14-9-4-2-1-3-8(9)12(5-6-12)7-10(15)16/h1-4H,5-7H2,(H,15,16)(H3,13,14,17). The van der Waals surface area contributed by atoms with Crippen molar-refractivity contribution < 1.29 is 14.7 Å². The van der Waals surface area contributed by atoms with Crippen molar-refractivity contribution in [3.05, 3.63) is 29.8 Å². The number of amides is 2. The first-order chi connectivity index (χ1) is 8.03. The number of nitrogens with one attached hydrogen (secondary N) is 1. The van der Waals surface area contributed by atoms with Gasteiger partial charge in [0.1, 0.15) is 0 Å². The van der Waals surface area contributed by atoms with E-state index in [-0.39, 0.29) is 11.8 Å². The lowest BCUT2D eigenvalue weighted by molar-refractivity contribution is -0.137. The van der Waals surface area contributed by atoms with Crippen molar-refractivity contribution in [3.63, 3.8) is 0 Å². The molecule has 0 atom stereocenters. The molecular weight excluding hydrogens is 220 g/mol. The maximum Gasteiger partial charge on any atom is 0.316 e. The van der Waals surface area contributed by atoms with Crippen molar-refractivity contribution >= 4 is 17.7 Å². The van der Waals surface area contributed by atoms with Crippen LogP contribution in [-0.4, -0.2) is 17.1 Å². The normalized spacial score (nSPS) is 16.2. The summed E-state index contributed by atoms with van der Waals surface area (Å²) < 4.78 is 0. The number of carboxylic acid groups (broad SMARTS) is 1. The molecule has 5 heteroatoms. The number of carbonyl (C=O) groups excluding carboxylic acids is 1. The molecule has 2 amide bonds. The Bertz CT molecular complexity index is 467. The predicted molar refractivity (Wildman–Crippen MR) is 62.8 cm³/mol. The Morgan fingerprint density at radius 2 is 2.00 bits per heavy atom. The largest absolute Gasteiger partial charge is 0.481 e. The van der Waals surface area contributed by atoms with Crippen molar-refractivity contribution in [2.45, 2.75) is 24.7 Å². The monoisotopic (exact) mass is 234 g/mol. The first-order valence-electron chi connectivity index (χ1n) is 5.41. The van der Waals surface area contributed by atoms with E-state index in [1.165, 1.54) is 0 Å². The van der Waals surface area contributed by atoms with E-state index in [2.05, 4.69) is 5.32 Å². The van der Waals surface area contributed by atoms with Crippen LogP contribution in [0.25, 0.3) is 0 Å². The van der Waals surface area contributed by atoms with Crippen molar-refractivity contribution in [2.24, 2.45) is 5.73 Å². The summed E-state index contributed by atoms with van der Waals surface area (Å²) in [6.07, 6.45) is 1.75. The van der Waals surface area contributed by atoms with Crippen molar-refractivity contribution in [1.29, 1.82) is 0 Å². The smallest absolute Gasteiger partial charge is 0.316 e. The fourth-order valence-corrected chi connectivity index (χ4v) is 2.17. The molecule has 0 saturated heterocycles. The second kappa shape index (κ2) is 4.08. The number of para-hydroxylation sites is 1. The summed E-state index contributed by atoms with van der Waals surface area (Å²) in [6.45, 7) is 0. The molecule has 1 aromatic carbocycles. The van der Waals surface area contributed by atoms with Gasteiger partial charge in [-0.05, 0) is 24.5 Å². The van der Waals surface area contributed by atoms with Crippen molar-refractivity contribution in [1.82, 2.24) is 0 Å². The number of hydrogen-bond donors (Lipinski definition) is 3. The van der Waals surface area contributed by atoms with Crippen LogP contribution in [-0.2, 0) is 10.2 Å². The van der Waals surface area contributed by atoms with Gasteiger partial charge in [-0.1, -0.05) is 18.2 Å². The van der Waals surface area contributed by atoms with E-state index >= 15 is 0 Å². The number of benzene rings is 1. The summed E-state index contributed by atoms with van der Waals surface area (Å²) >= 11 is 0. The van der Waals surface area contributed by atoms with E-state index in [0.29, 0.717) is 5.69 Å². The lowest BCUT2D eigenvalue weighted by atomic mass is 9.91. The topological polar surface area (TPSA) is 92.4 Å². The highest BCUT2D eigenvalue weighted by atomic mass is 16.4. The second-order valence-electron chi connectivity index (χ2n) is 4.39. The first-order valence-corrected chi connectivity index (χ1v) is 5.41. The average molecular weight is 234 g/mol. The molecule has 1 aliphatic carbocycles. The lowest BCUT2D eigenvalue weighted by Gasteiger charge is -2.17. The summed E-state index contributed by atoms with van der Waals surface area (Å²) in [5, 5.41) is 11.4. The third-order valence-electron chi connectivity index (χ3n) is 3.10. The van der Waals surface area contributed by atoms with Gasteiger partial charge < -0.3 is 16.2 Å². The molecule has 0 bridgehead atoms. The van der Waals surface area contributed by atoms with Crippen molar-refractivity contribution in [3.8, 4) is 0 Å². The zero-order valence-electron chi connectivity index (χ0n) is 9.27. The summed E-state index contributed by atoms with van der Waals surface area (Å²) in [7, 11) is 0. The van der Waals surface area contributed by atoms with E-state index in [9.17, 15) is 9.59 Å². The minimum absolute atomic E-state index is 0.0878. The third kappa shape index (κ3) is 2.38. The third-order valence-corrected chi connectivity index (χ3v) is 3.10. The number of carbonyl (C=O) groups is 2. The maximum absolute atomic E-state index is 10.9. The molecule has 17 heavy (non-hydrogen) atoms. The number of nitrogens with two attached hydrogens (primary N) is 1. The second-order valence-corrected chi connectivity index (χ2v) is 4.39. The molecule has 1 aromatic rings. The van der Waals surface area contributed by atoms with Gasteiger partial charge in [0.05, 0.1) is 6.42 Å². The molecule has 1 fully saturated rings. The van der Waals surface area contributed by atoms with E-state index in [4.69, 9.17) is 10.8 Å². The highest BCUT2D eigenvalue weighted by Gasteiger charge is 2.47. The highest BCUT2D eigenvalue weighted by Crippen LogP contribution is 2.53. The Balaban J connectivity index is 2.31. The Hall–Kier alpha value is -2.04. The van der Waals surface area contributed by atoms with Crippen LogP contribution in [0.5, 0.6) is 0 Å². The fourth-order valence-electron chi connectivity index (χ4n) is 2.17. The molecule has 2 rings (SSSR count). The molecule has 1 aliphatic rings. The van der Waals surface area contributed by atoms with Gasteiger partial charge in [-0.3, -0.25) is 4.79 Å². The van der Waals surface area contributed by atoms with Gasteiger partial charge in [-0.15, -0.1) is 0 Å². The number of primary amides is 1. The quantitative estimate of drug-likeness (QED) is 0.740. The van der Waals surface area contributed by atoms with Gasteiger partial charge in [0.15, 0.2) is 0 Å². The lowest BCUT2D eigenvalue weighted by Crippen LogP contribution is -2.22. The van der Waals surface area contributed by atoms with Crippen LogP contribution in [0.2, 0.25) is 0 Å². The summed E-state index contributed by atoms with van der Waals surface area (Å²) in [5.41, 5.74) is 6.24. The summed E-state index contributed by atoms with van der Waals surface area (Å²) in [6, 6.07) is 6.57. The van der Waals surface area contributed by atoms with E-state index in [1.807, 2.05) is 12.1 Å². The number of anilines is 1. The molecule has 0 aromatic heterocycles. The first kappa shape index (κ1) is 11.4. The molecule has 0 aliphatic heterocycles. The van der Waals surface area contributed by atoms with Crippen LogP contribution >= 0.6 is 0 Å². The van der Waals surface area contributed by atoms with Gasteiger partial charge in [-0.25, -0.2) is 4.79 Å². The average Bonchev–Trinajstić information content (AvgIpc) is 2.97. The molecule has 0 radical (unpaired) electrons. The Labute approximate surface area is 98.6 Å². The Kier molecular flexibility index (Phi) is 2.75. The Morgan fingerprint density at radius 3 is 2.53 bits per heavy atom. The minimum atomic E-state index is -0.823. The summed E-state index contributed by atoms with van der Waals surface area (Å²) in [4.78, 5) is 21.7. The van der Waals surface area contributed by atoms with Crippen LogP contribution in [0.3, 0.4) is 0 Å². The number of rotatable bonds is 4. The van der Waals surface area contributed by atoms with Crippen LogP contribution in [0.4, 0.5) is 10.5 Å². The molecule has 0 unspecified atom stereocenters. The predicted octanol–water partition coefficient (Wildman–Crippen LogP) is 1.68. The van der Waals surface area contributed by atoms with E-state index in [1.54, 1.807) is 12.1 Å². The number of aliphatic carboxylic acids is 1. The van der Waals surface area contributed by atoms with Crippen molar-refractivity contribution in [2.75, 3.05) is 5.32 Å². The van der Waals surface area contributed by atoms with Gasteiger partial charge in [-0.2, -0.15) is 0 Å². The van der Waals surface area contributed by atoms with Crippen LogP contribution in [0, 0.1) is 0 Å². The van der Waals surface area contributed by atoms with Crippen LogP contribution in [0.15, 0.2) is 24.3 Å². The van der Waals surface area contributed by atoms with Gasteiger partial charge in [0.25, 0.3) is 0 Å². The number of urea groups is 1. The van der Waals surface area contributed by atoms with Gasteiger partial charge in [0, 0.05) is 11.1 Å². The van der Waals surface area contributed by atoms with Crippen LogP contribution < -0.4 is 11.1 Å². The molecule has 5 nitrogen and oxygen atoms in total. The zero-order chi connectivity index (χ0) is 12.5. The molecular formula is C12H14N2O3. The molecule has 1 saturated carbocycles. The van der Waals surface area contributed by atoms with E-state index < -0.39 is 12.0 Å². The Morgan fingerprint density at radius 1 is 1.35 bits per heavy atom. The molecule has 90 valence electrons. The van der Waals surface area contributed by atoms with Gasteiger partial charge in [0.2, 0.25) is 0 Å². The number of hydrogen-bond acceptors (Lipinski definition) is 2. The van der Waals surface area contributed by atoms with Gasteiger partial charge >= 0.3 is 12.0 Å². The molecule has 0 heterocycles. The fraction of sp³-hybridized carbons (Fsp3) is 0.333. The SMILES string of the molecule is NC(=O)Nc1ccccc1C1(CC(=O)O)CC1. The van der Waals surface area contributed by atoms with Crippen LogP contribution in [0.1, 0.15) is 24.8 Å². The number of carboxylic acids is 1. The molecule has 4 N–H and O–H groups in total.